The number of benzene rings is 1. The van der Waals surface area contributed by atoms with Gasteiger partial charge in [0.2, 0.25) is 10.0 Å². The lowest BCUT2D eigenvalue weighted by Crippen LogP contribution is -2.29. The minimum absolute atomic E-state index is 0.130. The number of nitrogens with zero attached hydrogens (tertiary/aromatic N) is 2. The Bertz CT molecular complexity index is 906. The molecule has 2 aromatic rings. The molecule has 2 heterocycles. The van der Waals surface area contributed by atoms with Crippen molar-refractivity contribution in [3.8, 4) is 0 Å². The Hall–Kier alpha value is -1.64. The zero-order chi connectivity index (χ0) is 17.9. The van der Waals surface area contributed by atoms with Crippen molar-refractivity contribution in [1.29, 1.82) is 0 Å². The lowest BCUT2D eigenvalue weighted by Gasteiger charge is -2.16. The van der Waals surface area contributed by atoms with Gasteiger partial charge in [0.1, 0.15) is 5.82 Å². The van der Waals surface area contributed by atoms with Crippen molar-refractivity contribution in [2.24, 2.45) is 0 Å². The number of aryl methyl sites for hydroxylation is 1. The SMILES string of the molecule is O=c1ccc(S(=O)(=O)N2CCCC2)cn1CCSc1ccccc1F. The van der Waals surface area contributed by atoms with Crippen molar-refractivity contribution >= 4 is 21.8 Å². The number of sulfonamides is 1. The first kappa shape index (κ1) is 18.2. The van der Waals surface area contributed by atoms with Gasteiger partial charge in [0.05, 0.1) is 4.90 Å². The van der Waals surface area contributed by atoms with Crippen molar-refractivity contribution in [3.63, 3.8) is 0 Å². The van der Waals surface area contributed by atoms with Crippen LogP contribution in [-0.2, 0) is 16.6 Å². The molecule has 3 rings (SSSR count). The van der Waals surface area contributed by atoms with Crippen LogP contribution in [0.1, 0.15) is 12.8 Å². The van der Waals surface area contributed by atoms with Crippen molar-refractivity contribution in [2.45, 2.75) is 29.2 Å². The van der Waals surface area contributed by atoms with Gasteiger partial charge in [-0.2, -0.15) is 4.31 Å². The van der Waals surface area contributed by atoms with Crippen LogP contribution in [0.2, 0.25) is 0 Å². The zero-order valence-electron chi connectivity index (χ0n) is 13.6. The fourth-order valence-corrected chi connectivity index (χ4v) is 5.16. The molecule has 1 saturated heterocycles. The molecule has 1 aliphatic heterocycles. The number of rotatable bonds is 6. The van der Waals surface area contributed by atoms with Crippen LogP contribution < -0.4 is 5.56 Å². The maximum atomic E-state index is 13.6. The first-order chi connectivity index (χ1) is 12.0. The highest BCUT2D eigenvalue weighted by molar-refractivity contribution is 7.99. The Kier molecular flexibility index (Phi) is 5.61. The van der Waals surface area contributed by atoms with E-state index in [0.717, 1.165) is 12.8 Å². The van der Waals surface area contributed by atoms with E-state index in [9.17, 15) is 17.6 Å². The van der Waals surface area contributed by atoms with Gasteiger partial charge in [0.15, 0.2) is 0 Å². The molecule has 0 unspecified atom stereocenters. The number of hydrogen-bond donors (Lipinski definition) is 0. The highest BCUT2D eigenvalue weighted by Crippen LogP contribution is 2.22. The first-order valence-electron chi connectivity index (χ1n) is 8.06. The van der Waals surface area contributed by atoms with Gasteiger partial charge in [-0.1, -0.05) is 12.1 Å². The molecule has 0 atom stereocenters. The average molecular weight is 382 g/mol. The highest BCUT2D eigenvalue weighted by atomic mass is 32.2. The quantitative estimate of drug-likeness (QED) is 0.721. The van der Waals surface area contributed by atoms with E-state index in [1.165, 1.54) is 45.0 Å². The molecule has 0 N–H and O–H groups in total. The Labute approximate surface area is 150 Å². The van der Waals surface area contributed by atoms with Crippen LogP contribution in [0.5, 0.6) is 0 Å². The second kappa shape index (κ2) is 7.72. The smallest absolute Gasteiger partial charge is 0.250 e. The van der Waals surface area contributed by atoms with Crippen LogP contribution in [0.4, 0.5) is 4.39 Å². The summed E-state index contributed by atoms with van der Waals surface area (Å²) < 4.78 is 41.6. The van der Waals surface area contributed by atoms with Gasteiger partial charge in [-0.3, -0.25) is 4.79 Å². The topological polar surface area (TPSA) is 59.4 Å². The van der Waals surface area contributed by atoms with Crippen LogP contribution in [0.15, 0.2) is 57.2 Å². The van der Waals surface area contributed by atoms with Crippen molar-refractivity contribution in [3.05, 3.63) is 58.8 Å². The molecule has 0 radical (unpaired) electrons. The second-order valence-electron chi connectivity index (χ2n) is 5.79. The van der Waals surface area contributed by atoms with Gasteiger partial charge in [0, 0.05) is 42.5 Å². The lowest BCUT2D eigenvalue weighted by atomic mass is 10.3. The number of thioether (sulfide) groups is 1. The second-order valence-corrected chi connectivity index (χ2v) is 8.86. The molecule has 8 heteroatoms. The molecular weight excluding hydrogens is 363 g/mol. The van der Waals surface area contributed by atoms with Crippen LogP contribution in [0.25, 0.3) is 0 Å². The van der Waals surface area contributed by atoms with E-state index in [1.54, 1.807) is 18.2 Å². The summed E-state index contributed by atoms with van der Waals surface area (Å²) in [6, 6.07) is 9.07. The molecule has 1 aromatic heterocycles. The molecule has 0 saturated carbocycles. The highest BCUT2D eigenvalue weighted by Gasteiger charge is 2.27. The molecule has 0 aliphatic carbocycles. The third-order valence-electron chi connectivity index (χ3n) is 4.09. The van der Waals surface area contributed by atoms with Crippen molar-refractivity contribution in [2.75, 3.05) is 18.8 Å². The number of pyridine rings is 1. The van der Waals surface area contributed by atoms with Gasteiger partial charge in [-0.25, -0.2) is 12.8 Å². The van der Waals surface area contributed by atoms with Crippen molar-refractivity contribution in [1.82, 2.24) is 8.87 Å². The van der Waals surface area contributed by atoms with E-state index in [2.05, 4.69) is 0 Å². The number of hydrogen-bond acceptors (Lipinski definition) is 4. The van der Waals surface area contributed by atoms with Gasteiger partial charge in [0.25, 0.3) is 5.56 Å². The molecule has 134 valence electrons. The summed E-state index contributed by atoms with van der Waals surface area (Å²) in [7, 11) is -3.56. The maximum Gasteiger partial charge on any atom is 0.250 e. The maximum absolute atomic E-state index is 13.6. The Morgan fingerprint density at radius 1 is 1.08 bits per heavy atom. The van der Waals surface area contributed by atoms with Gasteiger partial charge in [-0.15, -0.1) is 11.8 Å². The largest absolute Gasteiger partial charge is 0.313 e. The van der Waals surface area contributed by atoms with Gasteiger partial charge >= 0.3 is 0 Å². The minimum Gasteiger partial charge on any atom is -0.313 e. The van der Waals surface area contributed by atoms with Crippen LogP contribution >= 0.6 is 11.8 Å². The minimum atomic E-state index is -3.56. The van der Waals surface area contributed by atoms with E-state index in [0.29, 0.717) is 30.3 Å². The standard InChI is InChI=1S/C17H19FN2O3S2/c18-15-5-1-2-6-16(15)24-12-11-19-13-14(7-8-17(19)21)25(22,23)20-9-3-4-10-20/h1-2,5-8,13H,3-4,9-12H2. The average Bonchev–Trinajstić information content (AvgIpc) is 3.13. The summed E-state index contributed by atoms with van der Waals surface area (Å²) in [6.45, 7) is 1.34. The molecule has 1 fully saturated rings. The van der Waals surface area contributed by atoms with E-state index >= 15 is 0 Å². The number of aromatic nitrogens is 1. The van der Waals surface area contributed by atoms with Crippen LogP contribution in [0.3, 0.4) is 0 Å². The Balaban J connectivity index is 1.74. The summed E-state index contributed by atoms with van der Waals surface area (Å²) in [5, 5.41) is 0. The van der Waals surface area contributed by atoms with E-state index in [4.69, 9.17) is 0 Å². The molecule has 5 nitrogen and oxygen atoms in total. The summed E-state index contributed by atoms with van der Waals surface area (Å²) >= 11 is 1.29. The van der Waals surface area contributed by atoms with Gasteiger partial charge in [-0.05, 0) is 31.0 Å². The third-order valence-corrected chi connectivity index (χ3v) is 7.00. The summed E-state index contributed by atoms with van der Waals surface area (Å²) in [4.78, 5) is 12.6. The Morgan fingerprint density at radius 2 is 1.80 bits per heavy atom. The van der Waals surface area contributed by atoms with E-state index in [-0.39, 0.29) is 16.3 Å². The molecule has 0 bridgehead atoms. The normalized spacial score (nSPS) is 15.6. The third kappa shape index (κ3) is 4.13. The molecule has 1 aliphatic rings. The lowest BCUT2D eigenvalue weighted by molar-refractivity contribution is 0.476. The summed E-state index contributed by atoms with van der Waals surface area (Å²) in [6.07, 6.45) is 3.11. The monoisotopic (exact) mass is 382 g/mol. The molecule has 1 aromatic carbocycles. The molecule has 0 amide bonds. The fraction of sp³-hybridized carbons (Fsp3) is 0.353. The van der Waals surface area contributed by atoms with Crippen LogP contribution in [0, 0.1) is 5.82 Å². The summed E-state index contributed by atoms with van der Waals surface area (Å²) in [5.41, 5.74) is -0.269. The molecule has 25 heavy (non-hydrogen) atoms. The van der Waals surface area contributed by atoms with E-state index in [1.807, 2.05) is 0 Å². The van der Waals surface area contributed by atoms with Crippen LogP contribution in [-0.4, -0.2) is 36.1 Å². The van der Waals surface area contributed by atoms with Crippen molar-refractivity contribution < 1.29 is 12.8 Å². The summed E-state index contributed by atoms with van der Waals surface area (Å²) in [5.74, 6) is 0.166. The number of halogens is 1. The first-order valence-corrected chi connectivity index (χ1v) is 10.5. The predicted molar refractivity (Wildman–Crippen MR) is 95.8 cm³/mol. The van der Waals surface area contributed by atoms with E-state index < -0.39 is 10.0 Å². The molecule has 0 spiro atoms. The Morgan fingerprint density at radius 3 is 2.52 bits per heavy atom. The molecular formula is C17H19FN2O3S2. The fourth-order valence-electron chi connectivity index (χ4n) is 2.73. The van der Waals surface area contributed by atoms with Gasteiger partial charge < -0.3 is 4.57 Å². The predicted octanol–water partition coefficient (Wildman–Crippen LogP) is 2.56. The zero-order valence-corrected chi connectivity index (χ0v) is 15.2.